The van der Waals surface area contributed by atoms with E-state index in [0.717, 1.165) is 10.7 Å². The van der Waals surface area contributed by atoms with Crippen molar-refractivity contribution < 1.29 is 0 Å². The maximum atomic E-state index is 4.25. The fourth-order valence-electron chi connectivity index (χ4n) is 0.744. The highest BCUT2D eigenvalue weighted by Gasteiger charge is 2.09. The van der Waals surface area contributed by atoms with Crippen molar-refractivity contribution in [2.24, 2.45) is 5.92 Å². The second-order valence-electron chi connectivity index (χ2n) is 3.61. The standard InChI is InChI=1S/C10H16N2S/c1-7(2)9(4)13-10-11-5-8(3)6-12-10/h5-7,9H,1-4H3. The van der Waals surface area contributed by atoms with Crippen LogP contribution in [0, 0.1) is 12.8 Å². The summed E-state index contributed by atoms with van der Waals surface area (Å²) in [5, 5.41) is 1.45. The van der Waals surface area contributed by atoms with E-state index in [1.54, 1.807) is 11.8 Å². The second kappa shape index (κ2) is 4.61. The van der Waals surface area contributed by atoms with Crippen LogP contribution >= 0.6 is 11.8 Å². The Morgan fingerprint density at radius 2 is 1.69 bits per heavy atom. The molecule has 0 saturated carbocycles. The molecular formula is C10H16N2S. The Labute approximate surface area is 84.2 Å². The molecule has 0 aromatic carbocycles. The third-order valence-corrected chi connectivity index (χ3v) is 3.33. The number of hydrogen-bond acceptors (Lipinski definition) is 3. The molecule has 72 valence electrons. The van der Waals surface area contributed by atoms with E-state index in [-0.39, 0.29) is 0 Å². The molecule has 1 heterocycles. The summed E-state index contributed by atoms with van der Waals surface area (Å²) in [5.74, 6) is 0.662. The zero-order valence-electron chi connectivity index (χ0n) is 8.61. The molecule has 0 aliphatic carbocycles. The maximum absolute atomic E-state index is 4.25. The molecule has 1 atom stereocenters. The minimum absolute atomic E-state index is 0.572. The summed E-state index contributed by atoms with van der Waals surface area (Å²) >= 11 is 1.74. The monoisotopic (exact) mass is 196 g/mol. The van der Waals surface area contributed by atoms with Crippen LogP contribution < -0.4 is 0 Å². The van der Waals surface area contributed by atoms with Crippen molar-refractivity contribution in [3.05, 3.63) is 18.0 Å². The predicted octanol–water partition coefficient (Wildman–Crippen LogP) is 2.92. The van der Waals surface area contributed by atoms with Gasteiger partial charge in [0.25, 0.3) is 0 Å². The molecule has 0 amide bonds. The fraction of sp³-hybridized carbons (Fsp3) is 0.600. The minimum atomic E-state index is 0.572. The van der Waals surface area contributed by atoms with Gasteiger partial charge in [-0.3, -0.25) is 0 Å². The van der Waals surface area contributed by atoms with E-state index < -0.39 is 0 Å². The van der Waals surface area contributed by atoms with Crippen LogP contribution in [0.15, 0.2) is 17.6 Å². The number of nitrogens with zero attached hydrogens (tertiary/aromatic N) is 2. The van der Waals surface area contributed by atoms with Crippen molar-refractivity contribution in [3.63, 3.8) is 0 Å². The lowest BCUT2D eigenvalue weighted by Gasteiger charge is -2.12. The van der Waals surface area contributed by atoms with Gasteiger partial charge >= 0.3 is 0 Å². The van der Waals surface area contributed by atoms with Crippen LogP contribution in [0.5, 0.6) is 0 Å². The molecular weight excluding hydrogens is 180 g/mol. The van der Waals surface area contributed by atoms with Gasteiger partial charge in [-0.15, -0.1) is 0 Å². The largest absolute Gasteiger partial charge is 0.231 e. The molecule has 3 heteroatoms. The lowest BCUT2D eigenvalue weighted by Crippen LogP contribution is -2.06. The molecule has 0 fully saturated rings. The first kappa shape index (κ1) is 10.5. The van der Waals surface area contributed by atoms with E-state index in [0.29, 0.717) is 11.2 Å². The Morgan fingerprint density at radius 1 is 1.15 bits per heavy atom. The van der Waals surface area contributed by atoms with E-state index in [1.807, 2.05) is 19.3 Å². The predicted molar refractivity (Wildman–Crippen MR) is 56.9 cm³/mol. The Hall–Kier alpha value is -0.570. The van der Waals surface area contributed by atoms with Gasteiger partial charge in [0.1, 0.15) is 0 Å². The highest BCUT2D eigenvalue weighted by molar-refractivity contribution is 7.99. The maximum Gasteiger partial charge on any atom is 0.187 e. The first-order chi connectivity index (χ1) is 6.09. The van der Waals surface area contributed by atoms with Gasteiger partial charge in [0.05, 0.1) is 0 Å². The molecule has 1 aromatic heterocycles. The molecule has 0 bridgehead atoms. The molecule has 0 aliphatic heterocycles. The van der Waals surface area contributed by atoms with Gasteiger partial charge in [-0.25, -0.2) is 9.97 Å². The Morgan fingerprint density at radius 3 is 2.15 bits per heavy atom. The number of thioether (sulfide) groups is 1. The molecule has 2 nitrogen and oxygen atoms in total. The third-order valence-electron chi connectivity index (χ3n) is 1.99. The third kappa shape index (κ3) is 3.35. The summed E-state index contributed by atoms with van der Waals surface area (Å²) in [6.45, 7) is 8.64. The summed E-state index contributed by atoms with van der Waals surface area (Å²) < 4.78 is 0. The molecule has 1 unspecified atom stereocenters. The van der Waals surface area contributed by atoms with E-state index in [2.05, 4.69) is 30.7 Å². The van der Waals surface area contributed by atoms with Crippen molar-refractivity contribution >= 4 is 11.8 Å². The smallest absolute Gasteiger partial charge is 0.187 e. The first-order valence-electron chi connectivity index (χ1n) is 4.55. The van der Waals surface area contributed by atoms with Crippen LogP contribution in [0.25, 0.3) is 0 Å². The van der Waals surface area contributed by atoms with Gasteiger partial charge < -0.3 is 0 Å². The summed E-state index contributed by atoms with van der Waals surface area (Å²) in [5.41, 5.74) is 1.11. The molecule has 0 N–H and O–H groups in total. The Balaban J connectivity index is 2.59. The first-order valence-corrected chi connectivity index (χ1v) is 5.43. The minimum Gasteiger partial charge on any atom is -0.231 e. The molecule has 13 heavy (non-hydrogen) atoms. The molecule has 1 aromatic rings. The van der Waals surface area contributed by atoms with Crippen molar-refractivity contribution in [3.8, 4) is 0 Å². The molecule has 0 radical (unpaired) electrons. The number of aryl methyl sites for hydroxylation is 1. The Kier molecular flexibility index (Phi) is 3.72. The van der Waals surface area contributed by atoms with Crippen molar-refractivity contribution in [2.45, 2.75) is 38.1 Å². The fourth-order valence-corrected chi connectivity index (χ4v) is 1.58. The average Bonchev–Trinajstić information content (AvgIpc) is 2.08. The van der Waals surface area contributed by atoms with Crippen molar-refractivity contribution in [2.75, 3.05) is 0 Å². The van der Waals surface area contributed by atoms with Crippen LogP contribution in [0.2, 0.25) is 0 Å². The Bertz CT molecular complexity index is 256. The van der Waals surface area contributed by atoms with E-state index in [9.17, 15) is 0 Å². The van der Waals surface area contributed by atoms with Gasteiger partial charge in [-0.1, -0.05) is 32.5 Å². The lowest BCUT2D eigenvalue weighted by molar-refractivity contribution is 0.640. The van der Waals surface area contributed by atoms with Gasteiger partial charge in [0, 0.05) is 17.6 Å². The molecule has 0 saturated heterocycles. The van der Waals surface area contributed by atoms with Crippen molar-refractivity contribution in [1.29, 1.82) is 0 Å². The average molecular weight is 196 g/mol. The molecule has 0 spiro atoms. The van der Waals surface area contributed by atoms with Gasteiger partial charge in [0.2, 0.25) is 0 Å². The quantitative estimate of drug-likeness (QED) is 0.549. The highest BCUT2D eigenvalue weighted by Crippen LogP contribution is 2.24. The van der Waals surface area contributed by atoms with Gasteiger partial charge in [-0.05, 0) is 18.4 Å². The SMILES string of the molecule is Cc1cnc(SC(C)C(C)C)nc1. The highest BCUT2D eigenvalue weighted by atomic mass is 32.2. The van der Waals surface area contributed by atoms with E-state index in [4.69, 9.17) is 0 Å². The summed E-state index contributed by atoms with van der Waals surface area (Å²) in [7, 11) is 0. The lowest BCUT2D eigenvalue weighted by atomic mass is 10.2. The normalized spacial score (nSPS) is 13.3. The summed E-state index contributed by atoms with van der Waals surface area (Å²) in [6, 6.07) is 0. The zero-order valence-corrected chi connectivity index (χ0v) is 9.43. The van der Waals surface area contributed by atoms with Gasteiger partial charge in [-0.2, -0.15) is 0 Å². The van der Waals surface area contributed by atoms with Crippen LogP contribution in [0.3, 0.4) is 0 Å². The molecule has 0 aliphatic rings. The number of hydrogen-bond donors (Lipinski definition) is 0. The van der Waals surface area contributed by atoms with Crippen LogP contribution in [-0.4, -0.2) is 15.2 Å². The van der Waals surface area contributed by atoms with Gasteiger partial charge in [0.15, 0.2) is 5.16 Å². The van der Waals surface area contributed by atoms with Crippen molar-refractivity contribution in [1.82, 2.24) is 9.97 Å². The van der Waals surface area contributed by atoms with E-state index >= 15 is 0 Å². The summed E-state index contributed by atoms with van der Waals surface area (Å²) in [6.07, 6.45) is 3.73. The molecule has 1 rings (SSSR count). The second-order valence-corrected chi connectivity index (χ2v) is 4.95. The number of rotatable bonds is 3. The van der Waals surface area contributed by atoms with E-state index in [1.165, 1.54) is 0 Å². The van der Waals surface area contributed by atoms with Crippen LogP contribution in [0.1, 0.15) is 26.3 Å². The van der Waals surface area contributed by atoms with Crippen LogP contribution in [-0.2, 0) is 0 Å². The topological polar surface area (TPSA) is 25.8 Å². The number of aromatic nitrogens is 2. The zero-order chi connectivity index (χ0) is 9.84. The van der Waals surface area contributed by atoms with Crippen LogP contribution in [0.4, 0.5) is 0 Å². The summed E-state index contributed by atoms with van der Waals surface area (Å²) in [4.78, 5) is 8.50.